The number of anilines is 1. The highest BCUT2D eigenvalue weighted by atomic mass is 35.5. The van der Waals surface area contributed by atoms with Gasteiger partial charge in [0.25, 0.3) is 10.0 Å². The van der Waals surface area contributed by atoms with E-state index in [-0.39, 0.29) is 16.5 Å². The molecule has 0 atom stereocenters. The van der Waals surface area contributed by atoms with Gasteiger partial charge in [-0.05, 0) is 72.3 Å². The van der Waals surface area contributed by atoms with Crippen LogP contribution >= 0.6 is 11.6 Å². The van der Waals surface area contributed by atoms with Crippen LogP contribution in [0, 0.1) is 5.82 Å². The molecular weight excluding hydrogens is 443 g/mol. The van der Waals surface area contributed by atoms with Gasteiger partial charge in [0.05, 0.1) is 4.90 Å². The summed E-state index contributed by atoms with van der Waals surface area (Å²) in [5.41, 5.74) is 1.33. The highest BCUT2D eigenvalue weighted by Gasteiger charge is 2.17. The molecule has 6 nitrogen and oxygen atoms in total. The number of carbonyl (C=O) groups excluding carboxylic acids is 2. The monoisotopic (exact) mass is 458 g/mol. The molecule has 3 aromatic carbocycles. The van der Waals surface area contributed by atoms with Gasteiger partial charge in [-0.3, -0.25) is 4.79 Å². The number of hydrogen-bond donors (Lipinski definition) is 2. The van der Waals surface area contributed by atoms with Crippen LogP contribution in [0.15, 0.2) is 83.8 Å². The summed E-state index contributed by atoms with van der Waals surface area (Å²) in [5, 5.41) is 2.75. The van der Waals surface area contributed by atoms with Crippen LogP contribution in [0.2, 0.25) is 5.02 Å². The highest BCUT2D eigenvalue weighted by Crippen LogP contribution is 2.15. The molecule has 0 fully saturated rings. The van der Waals surface area contributed by atoms with Gasteiger partial charge in [0.2, 0.25) is 0 Å². The van der Waals surface area contributed by atoms with Crippen LogP contribution in [-0.4, -0.2) is 20.2 Å². The minimum atomic E-state index is -4.06. The first kappa shape index (κ1) is 22.2. The zero-order valence-corrected chi connectivity index (χ0v) is 17.5. The van der Waals surface area contributed by atoms with E-state index >= 15 is 0 Å². The fraction of sp³-hybridized carbons (Fsp3) is 0. The molecule has 0 aliphatic heterocycles. The molecule has 31 heavy (non-hydrogen) atoms. The Hall–Kier alpha value is -3.49. The van der Waals surface area contributed by atoms with E-state index in [0.717, 1.165) is 0 Å². The molecule has 2 amide bonds. The van der Waals surface area contributed by atoms with Crippen molar-refractivity contribution in [3.63, 3.8) is 0 Å². The van der Waals surface area contributed by atoms with E-state index in [1.54, 1.807) is 18.2 Å². The van der Waals surface area contributed by atoms with Crippen molar-refractivity contribution in [2.75, 3.05) is 5.32 Å². The van der Waals surface area contributed by atoms with Crippen molar-refractivity contribution in [1.82, 2.24) is 4.72 Å². The van der Waals surface area contributed by atoms with E-state index in [9.17, 15) is 22.4 Å². The molecule has 0 unspecified atom stereocenters. The quantitative estimate of drug-likeness (QED) is 0.406. The Bertz CT molecular complexity index is 1220. The van der Waals surface area contributed by atoms with Crippen LogP contribution < -0.4 is 10.0 Å². The lowest BCUT2D eigenvalue weighted by Gasteiger charge is -2.09. The number of nitrogens with one attached hydrogen (secondary N) is 2. The minimum absolute atomic E-state index is 0.110. The average molecular weight is 459 g/mol. The Morgan fingerprint density at radius 1 is 0.871 bits per heavy atom. The maximum Gasteiger partial charge on any atom is 0.333 e. The van der Waals surface area contributed by atoms with Crippen LogP contribution in [0.25, 0.3) is 6.08 Å². The van der Waals surface area contributed by atoms with Crippen LogP contribution in [0.5, 0.6) is 0 Å². The summed E-state index contributed by atoms with van der Waals surface area (Å²) in [4.78, 5) is 24.2. The van der Waals surface area contributed by atoms with Gasteiger partial charge in [-0.2, -0.15) is 0 Å². The number of rotatable bonds is 6. The summed E-state index contributed by atoms with van der Waals surface area (Å²) in [7, 11) is -4.06. The Morgan fingerprint density at radius 2 is 1.48 bits per heavy atom. The van der Waals surface area contributed by atoms with Gasteiger partial charge in [-0.1, -0.05) is 29.8 Å². The number of hydrogen-bond acceptors (Lipinski definition) is 4. The van der Waals surface area contributed by atoms with Crippen LogP contribution in [0.1, 0.15) is 15.9 Å². The molecule has 158 valence electrons. The Kier molecular flexibility index (Phi) is 6.84. The number of ketones is 1. The first-order valence-corrected chi connectivity index (χ1v) is 10.8. The third-order valence-electron chi connectivity index (χ3n) is 4.08. The van der Waals surface area contributed by atoms with Crippen molar-refractivity contribution in [3.8, 4) is 0 Å². The fourth-order valence-corrected chi connectivity index (χ4v) is 3.54. The van der Waals surface area contributed by atoms with Gasteiger partial charge in [0, 0.05) is 16.3 Å². The minimum Gasteiger partial charge on any atom is -0.307 e. The molecule has 3 aromatic rings. The SMILES string of the molecule is O=C(Nc1ccc(C(=O)/C=C/c2ccc(F)cc2)cc1)NS(=O)(=O)c1ccc(Cl)cc1. The van der Waals surface area contributed by atoms with Crippen LogP contribution in [0.4, 0.5) is 14.9 Å². The second kappa shape index (κ2) is 9.55. The van der Waals surface area contributed by atoms with Crippen molar-refractivity contribution in [3.05, 3.63) is 101 Å². The topological polar surface area (TPSA) is 92.3 Å². The molecule has 0 spiro atoms. The molecule has 0 aliphatic carbocycles. The number of sulfonamides is 1. The van der Waals surface area contributed by atoms with Crippen molar-refractivity contribution in [2.45, 2.75) is 4.90 Å². The molecule has 0 aromatic heterocycles. The summed E-state index contributed by atoms with van der Waals surface area (Å²) in [5.74, 6) is -0.651. The molecule has 0 radical (unpaired) electrons. The molecule has 0 aliphatic rings. The molecule has 2 N–H and O–H groups in total. The molecule has 0 saturated heterocycles. The number of amides is 2. The van der Waals surface area contributed by atoms with E-state index in [2.05, 4.69) is 5.32 Å². The van der Waals surface area contributed by atoms with E-state index in [4.69, 9.17) is 11.6 Å². The second-order valence-corrected chi connectivity index (χ2v) is 8.46. The van der Waals surface area contributed by atoms with Gasteiger partial charge in [-0.25, -0.2) is 22.3 Å². The molecule has 9 heteroatoms. The van der Waals surface area contributed by atoms with Crippen molar-refractivity contribution >= 4 is 45.2 Å². The molecule has 0 bridgehead atoms. The van der Waals surface area contributed by atoms with Crippen LogP contribution in [-0.2, 0) is 10.0 Å². The lowest BCUT2D eigenvalue weighted by molar-refractivity contribution is 0.104. The molecule has 3 rings (SSSR count). The number of benzene rings is 3. The van der Waals surface area contributed by atoms with Gasteiger partial charge >= 0.3 is 6.03 Å². The van der Waals surface area contributed by atoms with Crippen molar-refractivity contribution in [1.29, 1.82) is 0 Å². The fourth-order valence-electron chi connectivity index (χ4n) is 2.51. The lowest BCUT2D eigenvalue weighted by atomic mass is 10.1. The number of allylic oxidation sites excluding steroid dienone is 1. The number of carbonyl (C=O) groups is 2. The molecule has 0 heterocycles. The number of urea groups is 1. The third-order valence-corrected chi connectivity index (χ3v) is 5.67. The third kappa shape index (κ3) is 6.24. The predicted molar refractivity (Wildman–Crippen MR) is 117 cm³/mol. The summed E-state index contributed by atoms with van der Waals surface area (Å²) in [6.45, 7) is 0. The standard InChI is InChI=1S/C22H16ClFN2O4S/c23-17-6-12-20(13-7-17)31(29,30)26-22(28)25-19-10-4-16(5-11-19)21(27)14-3-15-1-8-18(24)9-2-15/h1-14H,(H2,25,26,28)/b14-3+. The molecule has 0 saturated carbocycles. The summed E-state index contributed by atoms with van der Waals surface area (Å²) in [6, 6.07) is 16.0. The normalized spacial score (nSPS) is 11.3. The van der Waals surface area contributed by atoms with E-state index in [1.165, 1.54) is 66.7 Å². The van der Waals surface area contributed by atoms with Gasteiger partial charge < -0.3 is 5.32 Å². The Labute approximate surface area is 183 Å². The Balaban J connectivity index is 1.60. The van der Waals surface area contributed by atoms with Gasteiger partial charge in [0.1, 0.15) is 5.82 Å². The summed E-state index contributed by atoms with van der Waals surface area (Å²) < 4.78 is 39.2. The predicted octanol–water partition coefficient (Wildman–Crippen LogP) is 4.89. The summed E-state index contributed by atoms with van der Waals surface area (Å²) >= 11 is 5.73. The smallest absolute Gasteiger partial charge is 0.307 e. The largest absolute Gasteiger partial charge is 0.333 e. The van der Waals surface area contributed by atoms with Gasteiger partial charge in [-0.15, -0.1) is 0 Å². The zero-order valence-electron chi connectivity index (χ0n) is 15.9. The van der Waals surface area contributed by atoms with Crippen LogP contribution in [0.3, 0.4) is 0 Å². The molecular formula is C22H16ClFN2O4S. The van der Waals surface area contributed by atoms with Crippen molar-refractivity contribution in [2.24, 2.45) is 0 Å². The number of halogens is 2. The first-order chi connectivity index (χ1) is 14.7. The maximum atomic E-state index is 12.9. The lowest BCUT2D eigenvalue weighted by Crippen LogP contribution is -2.34. The Morgan fingerprint density at radius 3 is 2.10 bits per heavy atom. The maximum absolute atomic E-state index is 12.9. The first-order valence-electron chi connectivity index (χ1n) is 8.90. The highest BCUT2D eigenvalue weighted by molar-refractivity contribution is 7.90. The van der Waals surface area contributed by atoms with Gasteiger partial charge in [0.15, 0.2) is 5.78 Å². The second-order valence-electron chi connectivity index (χ2n) is 6.34. The van der Waals surface area contributed by atoms with Crippen molar-refractivity contribution < 1.29 is 22.4 Å². The average Bonchev–Trinajstić information content (AvgIpc) is 2.73. The summed E-state index contributed by atoms with van der Waals surface area (Å²) in [6.07, 6.45) is 2.91. The van der Waals surface area contributed by atoms with E-state index in [1.807, 2.05) is 4.72 Å². The zero-order chi connectivity index (χ0) is 22.4. The van der Waals surface area contributed by atoms with E-state index in [0.29, 0.717) is 21.8 Å². The van der Waals surface area contributed by atoms with E-state index < -0.39 is 16.1 Å².